The van der Waals surface area contributed by atoms with E-state index in [1.165, 1.54) is 12.0 Å². The van der Waals surface area contributed by atoms with Crippen LogP contribution in [0.3, 0.4) is 0 Å². The van der Waals surface area contributed by atoms with Crippen molar-refractivity contribution < 1.29 is 9.90 Å². The predicted octanol–water partition coefficient (Wildman–Crippen LogP) is 2.95. The molecule has 4 nitrogen and oxygen atoms in total. The van der Waals surface area contributed by atoms with Gasteiger partial charge in [-0.3, -0.25) is 4.79 Å². The van der Waals surface area contributed by atoms with E-state index in [-0.39, 0.29) is 17.9 Å². The van der Waals surface area contributed by atoms with Gasteiger partial charge in [-0.2, -0.15) is 0 Å². The SMILES string of the molecule is C[C@H](N)Cc1ccccc1.NCC1(CC(=O)O)CCCCC1. The van der Waals surface area contributed by atoms with Crippen LogP contribution in [-0.2, 0) is 11.2 Å². The quantitative estimate of drug-likeness (QED) is 0.780. The Bertz CT molecular complexity index is 426. The van der Waals surface area contributed by atoms with Gasteiger partial charge in [-0.1, -0.05) is 49.6 Å². The van der Waals surface area contributed by atoms with E-state index >= 15 is 0 Å². The molecule has 0 heterocycles. The number of rotatable bonds is 5. The van der Waals surface area contributed by atoms with Crippen LogP contribution in [-0.4, -0.2) is 23.7 Å². The van der Waals surface area contributed by atoms with E-state index < -0.39 is 5.97 Å². The van der Waals surface area contributed by atoms with Crippen LogP contribution in [0.5, 0.6) is 0 Å². The second kappa shape index (κ2) is 9.59. The van der Waals surface area contributed by atoms with E-state index in [0.717, 1.165) is 32.1 Å². The van der Waals surface area contributed by atoms with Crippen LogP contribution in [0.4, 0.5) is 0 Å². The fraction of sp³-hybridized carbons (Fsp3) is 0.611. The molecule has 22 heavy (non-hydrogen) atoms. The number of hydrogen-bond donors (Lipinski definition) is 3. The zero-order chi connectivity index (χ0) is 16.4. The van der Waals surface area contributed by atoms with Crippen LogP contribution in [0, 0.1) is 5.41 Å². The highest BCUT2D eigenvalue weighted by atomic mass is 16.4. The summed E-state index contributed by atoms with van der Waals surface area (Å²) in [6.07, 6.45) is 6.74. The van der Waals surface area contributed by atoms with Crippen molar-refractivity contribution in [2.45, 2.75) is 57.9 Å². The molecule has 1 aliphatic rings. The normalized spacial score (nSPS) is 18.0. The Labute approximate surface area is 133 Å². The summed E-state index contributed by atoms with van der Waals surface area (Å²) in [5.74, 6) is -0.706. The molecule has 0 unspecified atom stereocenters. The lowest BCUT2D eigenvalue weighted by Crippen LogP contribution is -2.34. The number of aliphatic carboxylic acids is 1. The molecule has 0 radical (unpaired) electrons. The molecule has 0 aromatic heterocycles. The highest BCUT2D eigenvalue weighted by molar-refractivity contribution is 5.67. The highest BCUT2D eigenvalue weighted by Crippen LogP contribution is 2.38. The zero-order valence-electron chi connectivity index (χ0n) is 13.6. The average molecular weight is 306 g/mol. The lowest BCUT2D eigenvalue weighted by Gasteiger charge is -2.34. The molecule has 1 saturated carbocycles. The van der Waals surface area contributed by atoms with Crippen molar-refractivity contribution in [3.8, 4) is 0 Å². The summed E-state index contributed by atoms with van der Waals surface area (Å²) in [6.45, 7) is 2.55. The fourth-order valence-corrected chi connectivity index (χ4v) is 3.06. The number of carbonyl (C=O) groups is 1. The molecule has 0 saturated heterocycles. The van der Waals surface area contributed by atoms with E-state index in [1.54, 1.807) is 0 Å². The molecular weight excluding hydrogens is 276 g/mol. The van der Waals surface area contributed by atoms with Crippen LogP contribution < -0.4 is 11.5 Å². The Balaban J connectivity index is 0.000000224. The first kappa shape index (κ1) is 18.7. The molecule has 0 spiro atoms. The van der Waals surface area contributed by atoms with Gasteiger partial charge in [0, 0.05) is 6.04 Å². The zero-order valence-corrected chi connectivity index (χ0v) is 13.6. The highest BCUT2D eigenvalue weighted by Gasteiger charge is 2.32. The molecule has 0 amide bonds. The van der Waals surface area contributed by atoms with Crippen LogP contribution in [0.25, 0.3) is 0 Å². The molecule has 124 valence electrons. The third-order valence-corrected chi connectivity index (χ3v) is 4.27. The third kappa shape index (κ3) is 7.05. The first-order valence-corrected chi connectivity index (χ1v) is 8.19. The maximum atomic E-state index is 10.6. The molecule has 1 aromatic rings. The van der Waals surface area contributed by atoms with Crippen LogP contribution in [0.15, 0.2) is 30.3 Å². The largest absolute Gasteiger partial charge is 0.481 e. The van der Waals surface area contributed by atoms with Gasteiger partial charge in [-0.25, -0.2) is 0 Å². The minimum Gasteiger partial charge on any atom is -0.481 e. The summed E-state index contributed by atoms with van der Waals surface area (Å²) in [6, 6.07) is 10.6. The first-order valence-electron chi connectivity index (χ1n) is 8.19. The van der Waals surface area contributed by atoms with Crippen molar-refractivity contribution in [2.24, 2.45) is 16.9 Å². The van der Waals surface area contributed by atoms with Gasteiger partial charge < -0.3 is 16.6 Å². The maximum Gasteiger partial charge on any atom is 0.303 e. The summed E-state index contributed by atoms with van der Waals surface area (Å²) in [5.41, 5.74) is 12.5. The monoisotopic (exact) mass is 306 g/mol. The van der Waals surface area contributed by atoms with Gasteiger partial charge in [0.05, 0.1) is 6.42 Å². The number of nitrogens with two attached hydrogens (primary N) is 2. The van der Waals surface area contributed by atoms with Crippen molar-refractivity contribution in [2.75, 3.05) is 6.54 Å². The average Bonchev–Trinajstić information content (AvgIpc) is 2.48. The van der Waals surface area contributed by atoms with Gasteiger partial charge in [0.15, 0.2) is 0 Å². The molecular formula is C18H30N2O2. The van der Waals surface area contributed by atoms with Crippen molar-refractivity contribution >= 4 is 5.97 Å². The Hall–Kier alpha value is -1.39. The molecule has 1 atom stereocenters. The summed E-state index contributed by atoms with van der Waals surface area (Å²) in [7, 11) is 0. The molecule has 1 aliphatic carbocycles. The molecule has 0 bridgehead atoms. The summed E-state index contributed by atoms with van der Waals surface area (Å²) in [4.78, 5) is 10.6. The van der Waals surface area contributed by atoms with E-state index in [1.807, 2.05) is 25.1 Å². The van der Waals surface area contributed by atoms with E-state index in [4.69, 9.17) is 16.6 Å². The van der Waals surface area contributed by atoms with Gasteiger partial charge in [-0.05, 0) is 43.7 Å². The smallest absolute Gasteiger partial charge is 0.303 e. The number of hydrogen-bond acceptors (Lipinski definition) is 3. The van der Waals surface area contributed by atoms with E-state index in [0.29, 0.717) is 6.54 Å². The Morgan fingerprint density at radius 3 is 2.27 bits per heavy atom. The van der Waals surface area contributed by atoms with Crippen LogP contribution in [0.2, 0.25) is 0 Å². The lowest BCUT2D eigenvalue weighted by atomic mass is 9.72. The minimum absolute atomic E-state index is 0.0793. The third-order valence-electron chi connectivity index (χ3n) is 4.27. The first-order chi connectivity index (χ1) is 10.5. The van der Waals surface area contributed by atoms with E-state index in [9.17, 15) is 4.79 Å². The molecule has 1 aromatic carbocycles. The van der Waals surface area contributed by atoms with Gasteiger partial charge in [0.2, 0.25) is 0 Å². The number of carboxylic acid groups (broad SMARTS) is 1. The minimum atomic E-state index is -0.706. The number of benzene rings is 1. The maximum absolute atomic E-state index is 10.6. The van der Waals surface area contributed by atoms with Gasteiger partial charge in [0.25, 0.3) is 0 Å². The molecule has 1 fully saturated rings. The van der Waals surface area contributed by atoms with Crippen molar-refractivity contribution in [1.29, 1.82) is 0 Å². The fourth-order valence-electron chi connectivity index (χ4n) is 3.06. The van der Waals surface area contributed by atoms with Gasteiger partial charge >= 0.3 is 5.97 Å². The summed E-state index contributed by atoms with van der Waals surface area (Å²) < 4.78 is 0. The topological polar surface area (TPSA) is 89.3 Å². The molecule has 2 rings (SSSR count). The standard InChI is InChI=1S/C9H17NO2.C9H13N/c10-7-9(6-8(11)12)4-2-1-3-5-9;1-8(10)7-9-5-3-2-4-6-9/h1-7,10H2,(H,11,12);2-6,8H,7,10H2,1H3/t;8-/m.0/s1. The summed E-state index contributed by atoms with van der Waals surface area (Å²) in [5, 5.41) is 8.71. The van der Waals surface area contributed by atoms with Gasteiger partial charge in [0.1, 0.15) is 0 Å². The van der Waals surface area contributed by atoms with Crippen LogP contribution in [0.1, 0.15) is 51.0 Å². The molecule has 0 aliphatic heterocycles. The molecule has 4 heteroatoms. The van der Waals surface area contributed by atoms with Crippen LogP contribution >= 0.6 is 0 Å². The van der Waals surface area contributed by atoms with E-state index in [2.05, 4.69) is 12.1 Å². The number of carboxylic acids is 1. The molecule has 5 N–H and O–H groups in total. The predicted molar refractivity (Wildman–Crippen MR) is 90.6 cm³/mol. The lowest BCUT2D eigenvalue weighted by molar-refractivity contribution is -0.140. The Morgan fingerprint density at radius 1 is 1.23 bits per heavy atom. The Morgan fingerprint density at radius 2 is 1.82 bits per heavy atom. The van der Waals surface area contributed by atoms with Gasteiger partial charge in [-0.15, -0.1) is 0 Å². The van der Waals surface area contributed by atoms with Crippen molar-refractivity contribution in [3.63, 3.8) is 0 Å². The summed E-state index contributed by atoms with van der Waals surface area (Å²) >= 11 is 0. The van der Waals surface area contributed by atoms with Crippen molar-refractivity contribution in [3.05, 3.63) is 35.9 Å². The second-order valence-corrected chi connectivity index (χ2v) is 6.50. The second-order valence-electron chi connectivity index (χ2n) is 6.50. The van der Waals surface area contributed by atoms with Crippen molar-refractivity contribution in [1.82, 2.24) is 0 Å². The Kier molecular flexibility index (Phi) is 8.13.